The number of hydrogen-bond donors (Lipinski definition) is 0. The highest BCUT2D eigenvalue weighted by Crippen LogP contribution is 2.38. The van der Waals surface area contributed by atoms with Gasteiger partial charge in [-0.15, -0.1) is 5.10 Å². The topological polar surface area (TPSA) is 69.5 Å². The zero-order chi connectivity index (χ0) is 21.3. The summed E-state index contributed by atoms with van der Waals surface area (Å²) >= 11 is 0. The lowest BCUT2D eigenvalue weighted by molar-refractivity contribution is -0.132. The number of carbonyl (C=O) groups excluding carboxylic acids is 1. The molecule has 0 unspecified atom stereocenters. The Labute approximate surface area is 175 Å². The number of carbonyl (C=O) groups is 1. The second kappa shape index (κ2) is 10.0. The van der Waals surface area contributed by atoms with E-state index in [1.165, 1.54) is 21.1 Å². The molecule has 0 heterocycles. The summed E-state index contributed by atoms with van der Waals surface area (Å²) in [5.41, 5.74) is 3.36. The number of esters is 1. The van der Waals surface area contributed by atoms with Gasteiger partial charge in [-0.3, -0.25) is 4.79 Å². The van der Waals surface area contributed by atoms with Crippen LogP contribution in [0.15, 0.2) is 83.0 Å². The summed E-state index contributed by atoms with van der Waals surface area (Å²) in [5, 5.41) is 8.74. The highest BCUT2D eigenvalue weighted by molar-refractivity contribution is 6.13. The van der Waals surface area contributed by atoms with E-state index in [9.17, 15) is 4.79 Å². The number of rotatable bonds is 7. The lowest BCUT2D eigenvalue weighted by atomic mass is 10.0. The number of hydrogen-bond acceptors (Lipinski definition) is 6. The normalized spacial score (nSPS) is 10.5. The largest absolute Gasteiger partial charge is 0.493 e. The summed E-state index contributed by atoms with van der Waals surface area (Å²) < 4.78 is 15.9. The molecule has 0 saturated carbocycles. The third-order valence-corrected chi connectivity index (χ3v) is 4.19. The van der Waals surface area contributed by atoms with Gasteiger partial charge in [0.1, 0.15) is 5.71 Å². The molecule has 6 nitrogen and oxygen atoms in total. The predicted molar refractivity (Wildman–Crippen MR) is 117 cm³/mol. The highest BCUT2D eigenvalue weighted by Gasteiger charge is 2.15. The molecule has 3 aromatic carbocycles. The molecule has 0 fully saturated rings. The molecule has 0 aliphatic heterocycles. The van der Waals surface area contributed by atoms with E-state index in [-0.39, 0.29) is 5.75 Å². The summed E-state index contributed by atoms with van der Waals surface area (Å²) in [7, 11) is 2.98. The van der Waals surface area contributed by atoms with Crippen LogP contribution < -0.4 is 14.2 Å². The van der Waals surface area contributed by atoms with E-state index in [2.05, 4.69) is 10.2 Å². The van der Waals surface area contributed by atoms with Gasteiger partial charge in [-0.1, -0.05) is 60.7 Å². The van der Waals surface area contributed by atoms with Gasteiger partial charge in [0.2, 0.25) is 5.75 Å². The second-order valence-electron chi connectivity index (χ2n) is 6.27. The first-order valence-corrected chi connectivity index (χ1v) is 9.28. The molecular formula is C24H22N2O4. The summed E-state index contributed by atoms with van der Waals surface area (Å²) in [4.78, 5) is 11.4. The van der Waals surface area contributed by atoms with Gasteiger partial charge < -0.3 is 14.2 Å². The van der Waals surface area contributed by atoms with E-state index < -0.39 is 5.97 Å². The highest BCUT2D eigenvalue weighted by atomic mass is 16.6. The first kappa shape index (κ1) is 20.8. The van der Waals surface area contributed by atoms with E-state index >= 15 is 0 Å². The zero-order valence-corrected chi connectivity index (χ0v) is 17.0. The molecule has 0 bridgehead atoms. The van der Waals surface area contributed by atoms with Crippen molar-refractivity contribution >= 4 is 17.9 Å². The Bertz CT molecular complexity index is 995. The van der Waals surface area contributed by atoms with Gasteiger partial charge in [0.05, 0.1) is 20.4 Å². The lowest BCUT2D eigenvalue weighted by Crippen LogP contribution is -2.05. The molecule has 0 amide bonds. The van der Waals surface area contributed by atoms with Gasteiger partial charge in [-0.2, -0.15) is 5.10 Å². The maximum absolute atomic E-state index is 11.4. The van der Waals surface area contributed by atoms with Gasteiger partial charge in [-0.25, -0.2) is 0 Å². The molecule has 0 N–H and O–H groups in total. The van der Waals surface area contributed by atoms with Crippen LogP contribution in [-0.2, 0) is 4.79 Å². The molecule has 0 aliphatic rings. The van der Waals surface area contributed by atoms with E-state index in [1.807, 2.05) is 60.7 Å². The molecule has 0 aromatic heterocycles. The fourth-order valence-electron chi connectivity index (χ4n) is 2.85. The predicted octanol–water partition coefficient (Wildman–Crippen LogP) is 4.50. The Balaban J connectivity index is 1.98. The van der Waals surface area contributed by atoms with Crippen LogP contribution in [0, 0.1) is 0 Å². The zero-order valence-electron chi connectivity index (χ0n) is 17.0. The molecule has 6 heteroatoms. The molecule has 0 aliphatic carbocycles. The van der Waals surface area contributed by atoms with Crippen molar-refractivity contribution in [1.82, 2.24) is 0 Å². The monoisotopic (exact) mass is 402 g/mol. The van der Waals surface area contributed by atoms with Gasteiger partial charge in [0.15, 0.2) is 11.5 Å². The second-order valence-corrected chi connectivity index (χ2v) is 6.27. The van der Waals surface area contributed by atoms with Crippen molar-refractivity contribution in [3.05, 3.63) is 89.5 Å². The number of nitrogens with zero attached hydrogens (tertiary/aromatic N) is 2. The smallest absolute Gasteiger partial charge is 0.308 e. The van der Waals surface area contributed by atoms with E-state index in [0.717, 1.165) is 16.8 Å². The maximum atomic E-state index is 11.4. The number of ether oxygens (including phenoxy) is 3. The van der Waals surface area contributed by atoms with Crippen LogP contribution in [0.1, 0.15) is 23.6 Å². The summed E-state index contributed by atoms with van der Waals surface area (Å²) in [6, 6.07) is 23.1. The van der Waals surface area contributed by atoms with E-state index in [4.69, 9.17) is 14.2 Å². The van der Waals surface area contributed by atoms with Crippen molar-refractivity contribution < 1.29 is 19.0 Å². The van der Waals surface area contributed by atoms with Crippen LogP contribution in [0.3, 0.4) is 0 Å². The van der Waals surface area contributed by atoms with Crippen LogP contribution >= 0.6 is 0 Å². The van der Waals surface area contributed by atoms with Crippen LogP contribution in [0.2, 0.25) is 0 Å². The molecule has 0 saturated heterocycles. The Morgan fingerprint density at radius 2 is 1.33 bits per heavy atom. The van der Waals surface area contributed by atoms with Crippen molar-refractivity contribution in [1.29, 1.82) is 0 Å². The van der Waals surface area contributed by atoms with Gasteiger partial charge in [0.25, 0.3) is 0 Å². The molecule has 0 atom stereocenters. The maximum Gasteiger partial charge on any atom is 0.308 e. The number of benzene rings is 3. The van der Waals surface area contributed by atoms with Crippen LogP contribution in [-0.4, -0.2) is 32.1 Å². The number of methoxy groups -OCH3 is 2. The van der Waals surface area contributed by atoms with Crippen LogP contribution in [0.4, 0.5) is 0 Å². The van der Waals surface area contributed by atoms with Crippen molar-refractivity contribution in [3.8, 4) is 17.2 Å². The average molecular weight is 402 g/mol. The molecule has 30 heavy (non-hydrogen) atoms. The molecule has 0 spiro atoms. The van der Waals surface area contributed by atoms with E-state index in [1.54, 1.807) is 18.3 Å². The van der Waals surface area contributed by atoms with Gasteiger partial charge >= 0.3 is 5.97 Å². The molecular weight excluding hydrogens is 380 g/mol. The third kappa shape index (κ3) is 5.11. The quantitative estimate of drug-likeness (QED) is 0.253. The SMILES string of the molecule is COc1cc(/C=N\N=C(c2ccccc2)c2ccccc2)cc(OC)c1OC(C)=O. The Hall–Kier alpha value is -3.93. The molecule has 152 valence electrons. The van der Waals surface area contributed by atoms with Crippen LogP contribution in [0.25, 0.3) is 0 Å². The Morgan fingerprint density at radius 3 is 1.77 bits per heavy atom. The van der Waals surface area contributed by atoms with E-state index in [0.29, 0.717) is 17.1 Å². The fourth-order valence-corrected chi connectivity index (χ4v) is 2.85. The van der Waals surface area contributed by atoms with Gasteiger partial charge in [-0.05, 0) is 12.1 Å². The summed E-state index contributed by atoms with van der Waals surface area (Å²) in [6.07, 6.45) is 1.59. The minimum absolute atomic E-state index is 0.224. The average Bonchev–Trinajstić information content (AvgIpc) is 2.78. The Kier molecular flexibility index (Phi) is 6.95. The van der Waals surface area contributed by atoms with Crippen molar-refractivity contribution in [3.63, 3.8) is 0 Å². The third-order valence-electron chi connectivity index (χ3n) is 4.19. The van der Waals surface area contributed by atoms with Gasteiger partial charge in [0, 0.05) is 23.6 Å². The molecule has 3 aromatic rings. The Morgan fingerprint density at radius 1 is 0.833 bits per heavy atom. The van der Waals surface area contributed by atoms with Crippen molar-refractivity contribution in [2.24, 2.45) is 10.2 Å². The van der Waals surface area contributed by atoms with Crippen molar-refractivity contribution in [2.75, 3.05) is 14.2 Å². The summed E-state index contributed by atoms with van der Waals surface area (Å²) in [6.45, 7) is 1.32. The van der Waals surface area contributed by atoms with Crippen molar-refractivity contribution in [2.45, 2.75) is 6.92 Å². The molecule has 3 rings (SSSR count). The minimum Gasteiger partial charge on any atom is -0.493 e. The minimum atomic E-state index is -0.465. The lowest BCUT2D eigenvalue weighted by Gasteiger charge is -2.13. The fraction of sp³-hybridized carbons (Fsp3) is 0.125. The first-order valence-electron chi connectivity index (χ1n) is 9.28. The standard InChI is InChI=1S/C24H22N2O4/c1-17(27)30-24-21(28-2)14-18(15-22(24)29-3)16-25-26-23(19-10-6-4-7-11-19)20-12-8-5-9-13-20/h4-16H,1-3H3/b25-16-. The first-order chi connectivity index (χ1) is 14.6. The van der Waals surface area contributed by atoms with Crippen LogP contribution in [0.5, 0.6) is 17.2 Å². The summed E-state index contributed by atoms with van der Waals surface area (Å²) in [5.74, 6) is 0.484. The molecule has 0 radical (unpaired) electrons.